The first-order valence-corrected chi connectivity index (χ1v) is 11.1. The lowest BCUT2D eigenvalue weighted by atomic mass is 9.95. The van der Waals surface area contributed by atoms with Crippen molar-refractivity contribution in [3.63, 3.8) is 0 Å². The van der Waals surface area contributed by atoms with Gasteiger partial charge in [0.1, 0.15) is 11.5 Å². The number of aromatic hydroxyl groups is 1. The maximum atomic E-state index is 10.5. The van der Waals surface area contributed by atoms with Crippen LogP contribution in [0.3, 0.4) is 0 Å². The van der Waals surface area contributed by atoms with E-state index in [2.05, 4.69) is 15.9 Å². The Balaban J connectivity index is 1.63. The van der Waals surface area contributed by atoms with Gasteiger partial charge in [-0.05, 0) is 46.3 Å². The van der Waals surface area contributed by atoms with Crippen LogP contribution in [0.4, 0.5) is 0 Å². The van der Waals surface area contributed by atoms with Gasteiger partial charge in [0.25, 0.3) is 0 Å². The second kappa shape index (κ2) is 7.52. The summed E-state index contributed by atoms with van der Waals surface area (Å²) in [5.41, 5.74) is 2.47. The van der Waals surface area contributed by atoms with Gasteiger partial charge in [0.05, 0.1) is 30.9 Å². The summed E-state index contributed by atoms with van der Waals surface area (Å²) >= 11 is 5.14. The van der Waals surface area contributed by atoms with E-state index >= 15 is 0 Å². The molecule has 0 aliphatic carbocycles. The number of rotatable bonds is 4. The van der Waals surface area contributed by atoms with E-state index in [0.29, 0.717) is 23.5 Å². The molecule has 0 saturated carbocycles. The number of phenolic OH excluding ortho intramolecular Hbond substituents is 1. The normalized spacial score (nSPS) is 19.6. The highest BCUT2D eigenvalue weighted by Crippen LogP contribution is 2.51. The van der Waals surface area contributed by atoms with Crippen molar-refractivity contribution in [3.05, 3.63) is 68.3 Å². The van der Waals surface area contributed by atoms with Crippen molar-refractivity contribution in [2.45, 2.75) is 18.7 Å². The second-order valence-corrected chi connectivity index (χ2v) is 8.90. The van der Waals surface area contributed by atoms with Gasteiger partial charge in [-0.15, -0.1) is 11.3 Å². The zero-order chi connectivity index (χ0) is 20.8. The Bertz CT molecular complexity index is 1150. The third-order valence-electron chi connectivity index (χ3n) is 5.35. The van der Waals surface area contributed by atoms with Gasteiger partial charge in [0, 0.05) is 27.4 Å². The molecule has 8 heteroatoms. The van der Waals surface area contributed by atoms with Crippen LogP contribution in [-0.4, -0.2) is 30.0 Å². The summed E-state index contributed by atoms with van der Waals surface area (Å²) in [6.45, 7) is 0. The minimum absolute atomic E-state index is 0.0321. The van der Waals surface area contributed by atoms with Crippen molar-refractivity contribution < 1.29 is 19.3 Å². The molecule has 2 atom stereocenters. The van der Waals surface area contributed by atoms with Gasteiger partial charge in [-0.1, -0.05) is 12.1 Å². The molecule has 3 heterocycles. The largest absolute Gasteiger partial charge is 0.507 e. The summed E-state index contributed by atoms with van der Waals surface area (Å²) < 4.78 is 18.3. The van der Waals surface area contributed by atoms with Gasteiger partial charge >= 0.3 is 0 Å². The average Bonchev–Trinajstić information content (AvgIpc) is 3.40. The number of halogens is 1. The van der Waals surface area contributed by atoms with Crippen molar-refractivity contribution in [2.24, 2.45) is 5.10 Å². The molecule has 1 N–H and O–H groups in total. The van der Waals surface area contributed by atoms with Crippen molar-refractivity contribution in [1.82, 2.24) is 5.01 Å². The summed E-state index contributed by atoms with van der Waals surface area (Å²) in [6.07, 6.45) is 0.244. The summed E-state index contributed by atoms with van der Waals surface area (Å²) in [5, 5.41) is 19.4. The maximum Gasteiger partial charge on any atom is 0.223 e. The van der Waals surface area contributed by atoms with E-state index in [1.807, 2.05) is 40.7 Å². The van der Waals surface area contributed by atoms with E-state index < -0.39 is 0 Å². The van der Waals surface area contributed by atoms with E-state index in [4.69, 9.17) is 19.3 Å². The van der Waals surface area contributed by atoms with Gasteiger partial charge in [-0.2, -0.15) is 5.10 Å². The molecule has 5 rings (SSSR count). The van der Waals surface area contributed by atoms with Gasteiger partial charge in [-0.3, -0.25) is 0 Å². The van der Waals surface area contributed by atoms with Crippen molar-refractivity contribution in [2.75, 3.05) is 14.2 Å². The third kappa shape index (κ3) is 3.11. The fraction of sp³-hybridized carbons (Fsp3) is 0.227. The molecule has 2 aliphatic rings. The molecule has 3 aromatic rings. The molecule has 1 aromatic heterocycles. The number of nitrogens with zero attached hydrogens (tertiary/aromatic N) is 2. The van der Waals surface area contributed by atoms with E-state index in [1.165, 1.54) is 0 Å². The van der Waals surface area contributed by atoms with Crippen LogP contribution in [0, 0.1) is 0 Å². The Morgan fingerprint density at radius 2 is 2.07 bits per heavy atom. The Morgan fingerprint density at radius 3 is 2.80 bits per heavy atom. The Labute approximate surface area is 186 Å². The standard InChI is InChI=1S/C22H19BrN2O4S/c1-27-13-6-7-18(26)15(9-13)16-10-17-14-4-3-5-19(28-2)21(14)29-22(25(17)24-16)20-8-12(23)11-30-20/h3-9,11,17,22,26H,10H2,1-2H3/t17-,22-/m0/s1. The molecule has 0 radical (unpaired) electrons. The summed E-state index contributed by atoms with van der Waals surface area (Å²) in [7, 11) is 3.25. The molecule has 0 spiro atoms. The van der Waals surface area contributed by atoms with Crippen molar-refractivity contribution in [1.29, 1.82) is 0 Å². The molecule has 30 heavy (non-hydrogen) atoms. The first-order valence-electron chi connectivity index (χ1n) is 9.39. The fourth-order valence-corrected chi connectivity index (χ4v) is 5.39. The molecule has 2 aliphatic heterocycles. The first-order chi connectivity index (χ1) is 14.6. The summed E-state index contributed by atoms with van der Waals surface area (Å²) in [4.78, 5) is 1.03. The molecule has 0 unspecified atom stereocenters. The van der Waals surface area contributed by atoms with Crippen LogP contribution in [0.2, 0.25) is 0 Å². The number of thiophene rings is 1. The highest BCUT2D eigenvalue weighted by atomic mass is 79.9. The van der Waals surface area contributed by atoms with Crippen molar-refractivity contribution >= 4 is 33.0 Å². The minimum Gasteiger partial charge on any atom is -0.507 e. The number of benzene rings is 2. The number of methoxy groups -OCH3 is 2. The molecule has 0 bridgehead atoms. The minimum atomic E-state index is -0.389. The maximum absolute atomic E-state index is 10.5. The topological polar surface area (TPSA) is 63.5 Å². The van der Waals surface area contributed by atoms with Gasteiger partial charge in [-0.25, -0.2) is 5.01 Å². The lowest BCUT2D eigenvalue weighted by Crippen LogP contribution is -2.33. The number of para-hydroxylation sites is 1. The van der Waals surface area contributed by atoms with Crippen molar-refractivity contribution in [3.8, 4) is 23.0 Å². The molecular formula is C22H19BrN2O4S. The molecular weight excluding hydrogens is 468 g/mol. The Hall–Kier alpha value is -2.71. The lowest BCUT2D eigenvalue weighted by molar-refractivity contribution is -0.0185. The van der Waals surface area contributed by atoms with Crippen LogP contribution < -0.4 is 14.2 Å². The number of hydrogen-bond donors (Lipinski definition) is 1. The van der Waals surface area contributed by atoms with Crippen LogP contribution in [0.5, 0.6) is 23.0 Å². The SMILES string of the molecule is COc1ccc(O)c(C2=NN3[C@@H](C2)c2cccc(OC)c2O[C@H]3c2cc(Br)cs2)c1. The van der Waals surface area contributed by atoms with Gasteiger partial charge < -0.3 is 19.3 Å². The van der Waals surface area contributed by atoms with Crippen LogP contribution in [0.25, 0.3) is 0 Å². The highest BCUT2D eigenvalue weighted by molar-refractivity contribution is 9.10. The predicted molar refractivity (Wildman–Crippen MR) is 119 cm³/mol. The lowest BCUT2D eigenvalue weighted by Gasteiger charge is -2.38. The quantitative estimate of drug-likeness (QED) is 0.529. The number of phenols is 1. The second-order valence-electron chi connectivity index (χ2n) is 7.05. The van der Waals surface area contributed by atoms with E-state index in [9.17, 15) is 5.11 Å². The van der Waals surface area contributed by atoms with Crippen LogP contribution >= 0.6 is 27.3 Å². The highest BCUT2D eigenvalue weighted by Gasteiger charge is 2.43. The molecule has 154 valence electrons. The van der Waals surface area contributed by atoms with Crippen LogP contribution in [0.1, 0.15) is 34.7 Å². The Kier molecular flexibility index (Phi) is 4.83. The molecule has 0 fully saturated rings. The number of hydrogen-bond acceptors (Lipinski definition) is 7. The molecule has 0 amide bonds. The third-order valence-corrected chi connectivity index (χ3v) is 7.07. The Morgan fingerprint density at radius 1 is 1.20 bits per heavy atom. The van der Waals surface area contributed by atoms with Crippen LogP contribution in [-0.2, 0) is 0 Å². The van der Waals surface area contributed by atoms with E-state index in [-0.39, 0.29) is 18.0 Å². The monoisotopic (exact) mass is 486 g/mol. The number of ether oxygens (including phenoxy) is 3. The molecule has 6 nitrogen and oxygen atoms in total. The smallest absolute Gasteiger partial charge is 0.223 e. The van der Waals surface area contributed by atoms with E-state index in [0.717, 1.165) is 26.4 Å². The zero-order valence-electron chi connectivity index (χ0n) is 16.3. The number of hydrazone groups is 1. The molecule has 2 aromatic carbocycles. The van der Waals surface area contributed by atoms with E-state index in [1.54, 1.807) is 37.7 Å². The van der Waals surface area contributed by atoms with Crippen LogP contribution in [0.15, 0.2) is 57.4 Å². The number of fused-ring (bicyclic) bond motifs is 3. The summed E-state index contributed by atoms with van der Waals surface area (Å²) in [5.74, 6) is 2.29. The fourth-order valence-electron chi connectivity index (χ4n) is 3.93. The zero-order valence-corrected chi connectivity index (χ0v) is 18.7. The first kappa shape index (κ1) is 19.3. The van der Waals surface area contributed by atoms with Gasteiger partial charge in [0.2, 0.25) is 6.23 Å². The van der Waals surface area contributed by atoms with Gasteiger partial charge in [0.15, 0.2) is 11.5 Å². The average molecular weight is 487 g/mol. The predicted octanol–water partition coefficient (Wildman–Crippen LogP) is 5.48. The summed E-state index contributed by atoms with van der Waals surface area (Å²) in [6, 6.07) is 13.1. The molecule has 0 saturated heterocycles.